The first kappa shape index (κ1) is 16.9. The molecular formula is C23H20N4OS. The van der Waals surface area contributed by atoms with Crippen LogP contribution in [0.1, 0.15) is 41.6 Å². The van der Waals surface area contributed by atoms with E-state index in [1.54, 1.807) is 11.3 Å². The lowest BCUT2D eigenvalue weighted by atomic mass is 10.0. The van der Waals surface area contributed by atoms with Crippen LogP contribution >= 0.6 is 11.3 Å². The van der Waals surface area contributed by atoms with Gasteiger partial charge in [-0.15, -0.1) is 11.3 Å². The second-order valence-electron chi connectivity index (χ2n) is 7.87. The molecule has 1 aliphatic carbocycles. The number of aromatic nitrogens is 1. The highest BCUT2D eigenvalue weighted by Crippen LogP contribution is 2.42. The SMILES string of the molecule is O=C1NCC(c2ccc(-c3nc(C4CC4)cs3)cc2)N1c1ccc2c(c1)N=CC2. The number of rotatable bonds is 4. The number of aliphatic imine (C=N–C) groups is 1. The van der Waals surface area contributed by atoms with Gasteiger partial charge in [0.05, 0.1) is 17.4 Å². The molecule has 1 N–H and O–H groups in total. The minimum absolute atomic E-state index is 0.0293. The first-order valence-corrected chi connectivity index (χ1v) is 10.9. The van der Waals surface area contributed by atoms with Crippen molar-refractivity contribution in [3.8, 4) is 10.6 Å². The molecule has 29 heavy (non-hydrogen) atoms. The zero-order chi connectivity index (χ0) is 19.4. The fraction of sp³-hybridized carbons (Fsp3) is 0.261. The summed E-state index contributed by atoms with van der Waals surface area (Å²) in [5.74, 6) is 0.681. The number of thiazole rings is 1. The molecule has 2 aliphatic heterocycles. The quantitative estimate of drug-likeness (QED) is 0.653. The summed E-state index contributed by atoms with van der Waals surface area (Å²) in [6, 6.07) is 14.5. The summed E-state index contributed by atoms with van der Waals surface area (Å²) in [5, 5.41) is 6.26. The molecule has 1 aromatic heterocycles. The first-order chi connectivity index (χ1) is 14.3. The smallest absolute Gasteiger partial charge is 0.322 e. The van der Waals surface area contributed by atoms with Crippen molar-refractivity contribution in [2.45, 2.75) is 31.2 Å². The number of nitrogens with zero attached hydrogens (tertiary/aromatic N) is 3. The van der Waals surface area contributed by atoms with E-state index in [0.717, 1.165) is 33.9 Å². The molecule has 5 nitrogen and oxygen atoms in total. The van der Waals surface area contributed by atoms with Gasteiger partial charge in [0.25, 0.3) is 0 Å². The molecule has 2 aromatic carbocycles. The number of anilines is 1. The fourth-order valence-corrected chi connectivity index (χ4v) is 5.04. The van der Waals surface area contributed by atoms with Crippen LogP contribution in [0.3, 0.4) is 0 Å². The van der Waals surface area contributed by atoms with Gasteiger partial charge < -0.3 is 5.32 Å². The van der Waals surface area contributed by atoms with E-state index in [1.807, 2.05) is 23.2 Å². The zero-order valence-corrected chi connectivity index (χ0v) is 16.7. The van der Waals surface area contributed by atoms with Crippen LogP contribution < -0.4 is 10.2 Å². The number of urea groups is 1. The highest BCUT2D eigenvalue weighted by molar-refractivity contribution is 7.13. The van der Waals surface area contributed by atoms with Crippen molar-refractivity contribution in [2.24, 2.45) is 4.99 Å². The highest BCUT2D eigenvalue weighted by Gasteiger charge is 2.33. The largest absolute Gasteiger partial charge is 0.335 e. The molecule has 1 saturated carbocycles. The van der Waals surface area contributed by atoms with Crippen molar-refractivity contribution >= 4 is 35.0 Å². The molecule has 1 atom stereocenters. The van der Waals surface area contributed by atoms with E-state index >= 15 is 0 Å². The van der Waals surface area contributed by atoms with Crippen LogP contribution in [0.15, 0.2) is 52.8 Å². The van der Waals surface area contributed by atoms with Crippen LogP contribution in [0.4, 0.5) is 16.2 Å². The van der Waals surface area contributed by atoms with Crippen molar-refractivity contribution in [1.82, 2.24) is 10.3 Å². The Morgan fingerprint density at radius 3 is 2.79 bits per heavy atom. The van der Waals surface area contributed by atoms with Crippen molar-refractivity contribution in [3.05, 3.63) is 64.7 Å². The van der Waals surface area contributed by atoms with Gasteiger partial charge in [0.15, 0.2) is 0 Å². The third kappa shape index (κ3) is 2.95. The molecular weight excluding hydrogens is 380 g/mol. The third-order valence-electron chi connectivity index (χ3n) is 5.93. The molecule has 6 rings (SSSR count). The van der Waals surface area contributed by atoms with E-state index < -0.39 is 0 Å². The molecule has 1 unspecified atom stereocenters. The van der Waals surface area contributed by atoms with E-state index in [1.165, 1.54) is 24.1 Å². The molecule has 0 spiro atoms. The summed E-state index contributed by atoms with van der Waals surface area (Å²) in [6.07, 6.45) is 5.33. The molecule has 3 heterocycles. The number of hydrogen-bond donors (Lipinski definition) is 1. The highest BCUT2D eigenvalue weighted by atomic mass is 32.1. The van der Waals surface area contributed by atoms with Crippen molar-refractivity contribution in [3.63, 3.8) is 0 Å². The second kappa shape index (κ2) is 6.52. The summed E-state index contributed by atoms with van der Waals surface area (Å²) in [7, 11) is 0. The van der Waals surface area contributed by atoms with Crippen LogP contribution in [-0.4, -0.2) is 23.8 Å². The Kier molecular flexibility index (Phi) is 3.81. The predicted molar refractivity (Wildman–Crippen MR) is 116 cm³/mol. The number of benzene rings is 2. The standard InChI is InChI=1S/C23H20N4OS/c28-23-25-12-21(27(23)18-8-7-15-9-10-24-19(15)11-18)16-3-5-17(6-4-16)22-26-20(13-29-22)14-1-2-14/h3-8,10-11,13-14,21H,1-2,9,12H2,(H,25,28). The number of carbonyl (C=O) groups is 1. The van der Waals surface area contributed by atoms with Crippen LogP contribution in [0.2, 0.25) is 0 Å². The Balaban J connectivity index is 1.29. The van der Waals surface area contributed by atoms with Gasteiger partial charge in [0, 0.05) is 41.7 Å². The van der Waals surface area contributed by atoms with Crippen LogP contribution in [0, 0.1) is 0 Å². The Morgan fingerprint density at radius 1 is 1.10 bits per heavy atom. The second-order valence-corrected chi connectivity index (χ2v) is 8.73. The Bertz CT molecular complexity index is 1130. The van der Waals surface area contributed by atoms with Gasteiger partial charge in [-0.3, -0.25) is 9.89 Å². The summed E-state index contributed by atoms with van der Waals surface area (Å²) in [4.78, 5) is 23.7. The van der Waals surface area contributed by atoms with Gasteiger partial charge >= 0.3 is 6.03 Å². The number of hydrogen-bond acceptors (Lipinski definition) is 4. The number of nitrogens with one attached hydrogen (secondary N) is 1. The Hall–Kier alpha value is -2.99. The number of fused-ring (bicyclic) bond motifs is 1. The van der Waals surface area contributed by atoms with Gasteiger partial charge in [0.2, 0.25) is 0 Å². The monoisotopic (exact) mass is 400 g/mol. The lowest BCUT2D eigenvalue weighted by Gasteiger charge is -2.24. The lowest BCUT2D eigenvalue weighted by Crippen LogP contribution is -2.29. The Morgan fingerprint density at radius 2 is 1.97 bits per heavy atom. The summed E-state index contributed by atoms with van der Waals surface area (Å²) < 4.78 is 0. The molecule has 1 saturated heterocycles. The average Bonchev–Trinajstić information content (AvgIpc) is 3.15. The van der Waals surface area contributed by atoms with Crippen molar-refractivity contribution in [2.75, 3.05) is 11.4 Å². The minimum atomic E-state index is -0.0602. The van der Waals surface area contributed by atoms with Gasteiger partial charge in [-0.2, -0.15) is 0 Å². The van der Waals surface area contributed by atoms with Crippen molar-refractivity contribution in [1.29, 1.82) is 0 Å². The maximum absolute atomic E-state index is 12.6. The summed E-state index contributed by atoms with van der Waals surface area (Å²) in [6.45, 7) is 0.599. The normalized spacial score (nSPS) is 20.2. The summed E-state index contributed by atoms with van der Waals surface area (Å²) >= 11 is 1.72. The summed E-state index contributed by atoms with van der Waals surface area (Å²) in [5.41, 5.74) is 6.57. The molecule has 2 amide bonds. The van der Waals surface area contributed by atoms with E-state index in [-0.39, 0.29) is 12.1 Å². The van der Waals surface area contributed by atoms with Gasteiger partial charge in [-0.1, -0.05) is 30.3 Å². The zero-order valence-electron chi connectivity index (χ0n) is 15.8. The molecule has 6 heteroatoms. The molecule has 3 aliphatic rings. The predicted octanol–water partition coefficient (Wildman–Crippen LogP) is 5.22. The Labute approximate surface area is 173 Å². The van der Waals surface area contributed by atoms with E-state index in [2.05, 4.69) is 46.0 Å². The molecule has 0 radical (unpaired) electrons. The van der Waals surface area contributed by atoms with Crippen molar-refractivity contribution < 1.29 is 4.79 Å². The molecule has 0 bridgehead atoms. The van der Waals surface area contributed by atoms with Crippen LogP contribution in [0.25, 0.3) is 10.6 Å². The number of amides is 2. The van der Waals surface area contributed by atoms with Gasteiger partial charge in [0.1, 0.15) is 5.01 Å². The molecule has 3 aromatic rings. The van der Waals surface area contributed by atoms with E-state index in [4.69, 9.17) is 4.98 Å². The average molecular weight is 401 g/mol. The topological polar surface area (TPSA) is 57.6 Å². The maximum atomic E-state index is 12.6. The van der Waals surface area contributed by atoms with Gasteiger partial charge in [-0.05, 0) is 36.1 Å². The maximum Gasteiger partial charge on any atom is 0.322 e. The van der Waals surface area contributed by atoms with E-state index in [9.17, 15) is 4.79 Å². The van der Waals surface area contributed by atoms with E-state index in [0.29, 0.717) is 12.5 Å². The lowest BCUT2D eigenvalue weighted by molar-refractivity contribution is 0.251. The van der Waals surface area contributed by atoms with Crippen LogP contribution in [0.5, 0.6) is 0 Å². The molecule has 144 valence electrons. The molecule has 2 fully saturated rings. The number of carbonyl (C=O) groups excluding carboxylic acids is 1. The fourth-order valence-electron chi connectivity index (χ4n) is 4.14. The van der Waals surface area contributed by atoms with Gasteiger partial charge in [-0.25, -0.2) is 9.78 Å². The van der Waals surface area contributed by atoms with Crippen LogP contribution in [-0.2, 0) is 6.42 Å². The minimum Gasteiger partial charge on any atom is -0.335 e. The first-order valence-electron chi connectivity index (χ1n) is 10.0. The third-order valence-corrected chi connectivity index (χ3v) is 6.84.